The lowest BCUT2D eigenvalue weighted by atomic mass is 10.00. The Morgan fingerprint density at radius 2 is 1.09 bits per heavy atom. The summed E-state index contributed by atoms with van der Waals surface area (Å²) in [5.41, 5.74) is 18.0. The first kappa shape index (κ1) is 62.1. The number of carboxylic acids is 1. The number of hydrogen-bond donors (Lipinski definition) is 16. The van der Waals surface area contributed by atoms with Crippen LogP contribution >= 0.6 is 25.3 Å². The van der Waals surface area contributed by atoms with Crippen LogP contribution in [0, 0.1) is 11.8 Å². The molecule has 1 aromatic carbocycles. The molecular weight excluding hydrogens is 1020 g/mol. The van der Waals surface area contributed by atoms with Crippen molar-refractivity contribution in [2.24, 2.45) is 29.0 Å². The van der Waals surface area contributed by atoms with Crippen LogP contribution in [0.4, 0.5) is 0 Å². The van der Waals surface area contributed by atoms with Gasteiger partial charge in [-0.2, -0.15) is 25.3 Å². The second-order valence-electron chi connectivity index (χ2n) is 18.6. The lowest BCUT2D eigenvalue weighted by Gasteiger charge is -2.28. The molecule has 412 valence electrons. The van der Waals surface area contributed by atoms with Crippen LogP contribution < -0.4 is 59.7 Å². The van der Waals surface area contributed by atoms with Gasteiger partial charge in [-0.3, -0.25) is 47.9 Å². The summed E-state index contributed by atoms with van der Waals surface area (Å²) in [6.45, 7) is 8.05. The van der Waals surface area contributed by atoms with Crippen LogP contribution in [0.3, 0.4) is 0 Å². The van der Waals surface area contributed by atoms with E-state index in [1.54, 1.807) is 46.0 Å². The number of nitrogens with two attached hydrogens (primary N) is 3. The number of carbonyl (C=O) groups is 11. The Morgan fingerprint density at radius 3 is 1.64 bits per heavy atom. The van der Waals surface area contributed by atoms with Gasteiger partial charge in [-0.15, -0.1) is 0 Å². The van der Waals surface area contributed by atoms with E-state index in [0.29, 0.717) is 11.3 Å². The number of imidazole rings is 1. The molecule has 0 aliphatic heterocycles. The summed E-state index contributed by atoms with van der Waals surface area (Å²) in [6, 6.07) is -4.93. The molecule has 17 N–H and O–H groups in total. The molecule has 10 amide bonds. The Hall–Kier alpha value is -7.20. The van der Waals surface area contributed by atoms with Gasteiger partial charge in [0.2, 0.25) is 59.1 Å². The van der Waals surface area contributed by atoms with E-state index in [4.69, 9.17) is 17.2 Å². The molecule has 0 radical (unpaired) electrons. The van der Waals surface area contributed by atoms with E-state index in [2.05, 4.69) is 82.7 Å². The number of aliphatic carboxylic acids is 1. The van der Waals surface area contributed by atoms with E-state index < -0.39 is 125 Å². The number of thiol groups is 2. The number of primary amides is 2. The summed E-state index contributed by atoms with van der Waals surface area (Å²) in [6.07, 6.45) is 3.13. The van der Waals surface area contributed by atoms with Crippen molar-refractivity contribution in [3.05, 3.63) is 54.2 Å². The molecule has 0 unspecified atom stereocenters. The number of carboxylic acid groups (broad SMARTS) is 1. The highest BCUT2D eigenvalue weighted by Crippen LogP contribution is 2.20. The number of rotatable bonds is 32. The van der Waals surface area contributed by atoms with Gasteiger partial charge in [0.15, 0.2) is 0 Å². The van der Waals surface area contributed by atoms with Crippen LogP contribution in [0.1, 0.15) is 78.0 Å². The SMILES string of the molecule is CC(C)C[C@H](NC(=O)[C@H](CS)NC(=O)[C@H](Cc1cnc[nH]1)NC(=O)[C@H](C)NC(=O)[C@H](CCC(N)=O)NC(=O)[C@@H](N)CCC(N)=O)C(=O)N[C@@H](Cc1c[nH]c2ccccc12)C(=O)N[C@@H](CS)C(=O)N[C@H](C(=O)O)C(C)C. The molecule has 0 aliphatic carbocycles. The van der Waals surface area contributed by atoms with Gasteiger partial charge in [-0.05, 0) is 49.7 Å². The van der Waals surface area contributed by atoms with Crippen molar-refractivity contribution in [2.45, 2.75) is 134 Å². The van der Waals surface area contributed by atoms with Crippen LogP contribution in [0.25, 0.3) is 10.9 Å². The van der Waals surface area contributed by atoms with Crippen molar-refractivity contribution in [1.29, 1.82) is 0 Å². The fourth-order valence-corrected chi connectivity index (χ4v) is 7.96. The maximum atomic E-state index is 14.3. The first-order valence-electron chi connectivity index (χ1n) is 24.1. The Balaban J connectivity index is 1.83. The minimum absolute atomic E-state index is 0.0387. The predicted molar refractivity (Wildman–Crippen MR) is 280 cm³/mol. The number of amides is 10. The number of benzene rings is 1. The molecule has 0 saturated heterocycles. The fourth-order valence-electron chi connectivity index (χ4n) is 7.44. The van der Waals surface area contributed by atoms with Gasteiger partial charge < -0.3 is 74.8 Å². The smallest absolute Gasteiger partial charge is 0.326 e. The number of nitrogens with zero attached hydrogens (tertiary/aromatic N) is 1. The van der Waals surface area contributed by atoms with E-state index in [1.165, 1.54) is 19.4 Å². The Kier molecular flexibility index (Phi) is 25.0. The summed E-state index contributed by atoms with van der Waals surface area (Å²) < 4.78 is 0. The number of aromatic nitrogens is 3. The minimum Gasteiger partial charge on any atom is -0.480 e. The maximum absolute atomic E-state index is 14.3. The number of aromatic amines is 2. The minimum atomic E-state index is -1.43. The van der Waals surface area contributed by atoms with E-state index in [9.17, 15) is 57.8 Å². The van der Waals surface area contributed by atoms with Crippen LogP contribution in [-0.2, 0) is 65.6 Å². The van der Waals surface area contributed by atoms with Crippen LogP contribution in [0.5, 0.6) is 0 Å². The molecule has 26 nitrogen and oxygen atoms in total. The van der Waals surface area contributed by atoms with Crippen molar-refractivity contribution in [1.82, 2.24) is 57.5 Å². The van der Waals surface area contributed by atoms with Gasteiger partial charge in [0, 0.05) is 66.2 Å². The number of carbonyl (C=O) groups excluding carboxylic acids is 10. The molecule has 2 aromatic heterocycles. The highest BCUT2D eigenvalue weighted by atomic mass is 32.1. The van der Waals surface area contributed by atoms with E-state index in [0.717, 1.165) is 10.9 Å². The first-order valence-corrected chi connectivity index (χ1v) is 25.3. The van der Waals surface area contributed by atoms with Gasteiger partial charge >= 0.3 is 5.97 Å². The molecule has 0 fully saturated rings. The Morgan fingerprint density at radius 1 is 0.600 bits per heavy atom. The third kappa shape index (κ3) is 20.2. The lowest BCUT2D eigenvalue weighted by molar-refractivity contribution is -0.143. The van der Waals surface area contributed by atoms with Crippen molar-refractivity contribution >= 4 is 101 Å². The zero-order chi connectivity index (χ0) is 56.1. The predicted octanol–water partition coefficient (Wildman–Crippen LogP) is -2.92. The van der Waals surface area contributed by atoms with Gasteiger partial charge in [-0.25, -0.2) is 9.78 Å². The van der Waals surface area contributed by atoms with E-state index in [-0.39, 0.29) is 62.4 Å². The van der Waals surface area contributed by atoms with Crippen LogP contribution in [0.2, 0.25) is 0 Å². The number of para-hydroxylation sites is 1. The second-order valence-corrected chi connectivity index (χ2v) is 19.4. The van der Waals surface area contributed by atoms with Crippen LogP contribution in [-0.4, -0.2) is 151 Å². The van der Waals surface area contributed by atoms with Gasteiger partial charge in [0.1, 0.15) is 48.3 Å². The number of nitrogens with one attached hydrogen (secondary N) is 10. The largest absolute Gasteiger partial charge is 0.480 e. The van der Waals surface area contributed by atoms with Gasteiger partial charge in [0.05, 0.1) is 12.4 Å². The molecule has 0 aliphatic rings. The highest BCUT2D eigenvalue weighted by Gasteiger charge is 2.35. The first-order chi connectivity index (χ1) is 35.3. The zero-order valence-electron chi connectivity index (χ0n) is 42.3. The molecular formula is C47H70N14O12S2. The standard InChI is InChI=1S/C47H70N14O12S2/c1-22(2)14-31(42(67)58-32(15-25-17-52-29-9-7-6-8-27(25)29)43(68)60-35(20-75)46(71)61-38(23(3)4)47(72)73)57-45(70)34(19-74)59-44(69)33(16-26-18-51-21-53-26)56-39(64)24(5)54-41(66)30(11-13-37(50)63)55-40(65)28(48)10-12-36(49)62/h6-9,17-18,21-24,28,30-35,38,52,74-75H,10-16,19-20,48H2,1-5H3,(H2,49,62)(H2,50,63)(H,51,53)(H,54,66)(H,55,65)(H,56,64)(H,57,70)(H,58,67)(H,59,69)(H,60,68)(H,61,71)(H,72,73)/t24-,28-,30-,31-,32-,33-,34-,35-,38-/m0/s1. The topological polar surface area (TPSA) is 427 Å². The normalized spacial score (nSPS) is 14.9. The van der Waals surface area contributed by atoms with E-state index >= 15 is 0 Å². The molecule has 2 heterocycles. The fraction of sp³-hybridized carbons (Fsp3) is 0.532. The summed E-state index contributed by atoms with van der Waals surface area (Å²) in [7, 11) is 0. The summed E-state index contributed by atoms with van der Waals surface area (Å²) in [4.78, 5) is 154. The van der Waals surface area contributed by atoms with E-state index in [1.807, 2.05) is 12.1 Å². The van der Waals surface area contributed by atoms with Crippen LogP contribution in [0.15, 0.2) is 43.0 Å². The quantitative estimate of drug-likeness (QED) is 0.0279. The highest BCUT2D eigenvalue weighted by molar-refractivity contribution is 7.80. The molecule has 75 heavy (non-hydrogen) atoms. The summed E-state index contributed by atoms with van der Waals surface area (Å²) in [5.74, 6) is -10.9. The van der Waals surface area contributed by atoms with Crippen molar-refractivity contribution in [2.75, 3.05) is 11.5 Å². The van der Waals surface area contributed by atoms with Crippen molar-refractivity contribution in [3.63, 3.8) is 0 Å². The number of hydrogen-bond acceptors (Lipinski definition) is 15. The molecule has 3 aromatic rings. The zero-order valence-corrected chi connectivity index (χ0v) is 44.1. The van der Waals surface area contributed by atoms with Crippen molar-refractivity contribution in [3.8, 4) is 0 Å². The average molecular weight is 1090 g/mol. The third-order valence-corrected chi connectivity index (χ3v) is 12.4. The summed E-state index contributed by atoms with van der Waals surface area (Å²) >= 11 is 8.52. The summed E-state index contributed by atoms with van der Waals surface area (Å²) in [5, 5.41) is 30.7. The van der Waals surface area contributed by atoms with Gasteiger partial charge in [-0.1, -0.05) is 45.9 Å². The number of fused-ring (bicyclic) bond motifs is 1. The second kappa shape index (κ2) is 30.2. The molecule has 28 heteroatoms. The van der Waals surface area contributed by atoms with Crippen molar-refractivity contribution < 1.29 is 57.8 Å². The maximum Gasteiger partial charge on any atom is 0.326 e. The lowest BCUT2D eigenvalue weighted by Crippen LogP contribution is -2.61. The molecule has 0 saturated carbocycles. The Labute approximate surface area is 443 Å². The average Bonchev–Trinajstić information content (AvgIpc) is 4.03. The molecule has 0 spiro atoms. The monoisotopic (exact) mass is 1090 g/mol. The van der Waals surface area contributed by atoms with Gasteiger partial charge in [0.25, 0.3) is 0 Å². The Bertz CT molecular complexity index is 2490. The molecule has 3 rings (SSSR count). The third-order valence-electron chi connectivity index (χ3n) is 11.6. The molecule has 0 bridgehead atoms. The molecule has 9 atom stereocenters. The number of H-pyrrole nitrogens is 2.